The van der Waals surface area contributed by atoms with Crippen molar-refractivity contribution in [3.8, 4) is 0 Å². The van der Waals surface area contributed by atoms with E-state index in [4.69, 9.17) is 5.11 Å². The average Bonchev–Trinajstić information content (AvgIpc) is 2.26. The monoisotopic (exact) mass is 284 g/mol. The number of aryl methyl sites for hydroxylation is 2. The van der Waals surface area contributed by atoms with E-state index in [2.05, 4.69) is 10.3 Å². The third-order valence-corrected chi connectivity index (χ3v) is 3.29. The number of aromatic nitrogens is 1. The molecule has 0 spiro atoms. The minimum Gasteiger partial charge on any atom is -0.481 e. The highest BCUT2D eigenvalue weighted by molar-refractivity contribution is 7.99. The molecule has 0 aromatic carbocycles. The lowest BCUT2D eigenvalue weighted by Crippen LogP contribution is -2.32. The average molecular weight is 284 g/mol. The van der Waals surface area contributed by atoms with E-state index in [0.717, 1.165) is 0 Å². The molecule has 0 atom stereocenters. The van der Waals surface area contributed by atoms with Crippen LogP contribution in [0.4, 0.5) is 0 Å². The van der Waals surface area contributed by atoms with E-state index in [-0.39, 0.29) is 11.3 Å². The van der Waals surface area contributed by atoms with Gasteiger partial charge in [-0.25, -0.2) is 0 Å². The SMILES string of the molecule is Cc1cc(C)c(C(=O)NCCSCC(=O)O)c(=O)[nH]1. The molecule has 1 aromatic rings. The van der Waals surface area contributed by atoms with Crippen LogP contribution in [-0.4, -0.2) is 40.0 Å². The van der Waals surface area contributed by atoms with Gasteiger partial charge in [0.1, 0.15) is 5.56 Å². The predicted molar refractivity (Wildman–Crippen MR) is 73.8 cm³/mol. The van der Waals surface area contributed by atoms with Crippen molar-refractivity contribution in [1.29, 1.82) is 0 Å². The molecule has 7 heteroatoms. The minimum absolute atomic E-state index is 0.0000132. The van der Waals surface area contributed by atoms with Gasteiger partial charge in [0.2, 0.25) is 0 Å². The fourth-order valence-electron chi connectivity index (χ4n) is 1.62. The number of H-pyrrole nitrogens is 1. The Morgan fingerprint density at radius 3 is 2.68 bits per heavy atom. The van der Waals surface area contributed by atoms with Gasteiger partial charge in [0, 0.05) is 18.0 Å². The van der Waals surface area contributed by atoms with Crippen molar-refractivity contribution in [1.82, 2.24) is 10.3 Å². The van der Waals surface area contributed by atoms with E-state index in [0.29, 0.717) is 23.6 Å². The topological polar surface area (TPSA) is 99.3 Å². The Morgan fingerprint density at radius 1 is 1.42 bits per heavy atom. The molecule has 19 heavy (non-hydrogen) atoms. The number of carbonyl (C=O) groups excluding carboxylic acids is 1. The van der Waals surface area contributed by atoms with E-state index in [1.807, 2.05) is 0 Å². The number of carboxylic acids is 1. The summed E-state index contributed by atoms with van der Waals surface area (Å²) in [5.41, 5.74) is 1.02. The van der Waals surface area contributed by atoms with Crippen LogP contribution in [0.2, 0.25) is 0 Å². The zero-order valence-electron chi connectivity index (χ0n) is 10.8. The maximum atomic E-state index is 11.8. The van der Waals surface area contributed by atoms with Gasteiger partial charge in [-0.3, -0.25) is 14.4 Å². The Hall–Kier alpha value is -1.76. The van der Waals surface area contributed by atoms with Crippen LogP contribution in [0.1, 0.15) is 21.6 Å². The van der Waals surface area contributed by atoms with Gasteiger partial charge in [0.15, 0.2) is 0 Å². The molecule has 0 saturated heterocycles. The molecule has 0 aliphatic rings. The largest absolute Gasteiger partial charge is 0.481 e. The Kier molecular flexibility index (Phi) is 5.62. The van der Waals surface area contributed by atoms with Crippen LogP contribution in [0.5, 0.6) is 0 Å². The second-order valence-corrected chi connectivity index (χ2v) is 5.15. The van der Waals surface area contributed by atoms with Crippen molar-refractivity contribution in [3.63, 3.8) is 0 Å². The van der Waals surface area contributed by atoms with Gasteiger partial charge in [-0.2, -0.15) is 0 Å². The fourth-order valence-corrected chi connectivity index (χ4v) is 2.19. The third-order valence-electron chi connectivity index (χ3n) is 2.35. The van der Waals surface area contributed by atoms with Gasteiger partial charge in [0.05, 0.1) is 5.75 Å². The number of thioether (sulfide) groups is 1. The minimum atomic E-state index is -0.887. The molecular formula is C12H16N2O4S. The molecule has 0 bridgehead atoms. The van der Waals surface area contributed by atoms with Crippen LogP contribution in [0.3, 0.4) is 0 Å². The van der Waals surface area contributed by atoms with Crippen LogP contribution in [0.25, 0.3) is 0 Å². The zero-order chi connectivity index (χ0) is 14.4. The molecule has 0 radical (unpaired) electrons. The zero-order valence-corrected chi connectivity index (χ0v) is 11.6. The number of hydrogen-bond acceptors (Lipinski definition) is 4. The molecule has 1 amide bonds. The number of aromatic amines is 1. The summed E-state index contributed by atoms with van der Waals surface area (Å²) in [6.07, 6.45) is 0. The Bertz CT molecular complexity index is 539. The lowest BCUT2D eigenvalue weighted by molar-refractivity contribution is -0.133. The number of amides is 1. The molecule has 0 aliphatic heterocycles. The molecule has 1 heterocycles. The molecule has 1 rings (SSSR count). The highest BCUT2D eigenvalue weighted by atomic mass is 32.2. The second kappa shape index (κ2) is 6.98. The molecule has 0 fully saturated rings. The number of aliphatic carboxylic acids is 1. The van der Waals surface area contributed by atoms with E-state index in [9.17, 15) is 14.4 Å². The van der Waals surface area contributed by atoms with E-state index >= 15 is 0 Å². The van der Waals surface area contributed by atoms with Gasteiger partial charge in [0.25, 0.3) is 11.5 Å². The van der Waals surface area contributed by atoms with Crippen molar-refractivity contribution in [2.75, 3.05) is 18.1 Å². The number of hydrogen-bond donors (Lipinski definition) is 3. The summed E-state index contributed by atoms with van der Waals surface area (Å²) in [5.74, 6) is -0.835. The molecule has 1 aromatic heterocycles. The molecule has 104 valence electrons. The van der Waals surface area contributed by atoms with Gasteiger partial charge in [-0.05, 0) is 25.5 Å². The standard InChI is InChI=1S/C12H16N2O4S/c1-7-5-8(2)14-12(18)10(7)11(17)13-3-4-19-6-9(15)16/h5H,3-4,6H2,1-2H3,(H,13,17)(H,14,18)(H,15,16). The predicted octanol–water partition coefficient (Wildman–Crippen LogP) is 0.539. The van der Waals surface area contributed by atoms with Gasteiger partial charge in [-0.1, -0.05) is 0 Å². The number of carboxylic acid groups (broad SMARTS) is 1. The number of carbonyl (C=O) groups is 2. The number of nitrogens with one attached hydrogen (secondary N) is 2. The Balaban J connectivity index is 2.55. The number of rotatable bonds is 6. The van der Waals surface area contributed by atoms with Crippen LogP contribution in [0, 0.1) is 13.8 Å². The summed E-state index contributed by atoms with van der Waals surface area (Å²) in [6, 6.07) is 1.73. The molecule has 3 N–H and O–H groups in total. The normalized spacial score (nSPS) is 10.2. The molecule has 0 aliphatic carbocycles. The van der Waals surface area contributed by atoms with Crippen molar-refractivity contribution >= 4 is 23.6 Å². The van der Waals surface area contributed by atoms with Crippen LogP contribution in [0.15, 0.2) is 10.9 Å². The Labute approximate surface area is 114 Å². The first-order valence-corrected chi connectivity index (χ1v) is 6.85. The van der Waals surface area contributed by atoms with Crippen molar-refractivity contribution in [3.05, 3.63) is 33.2 Å². The van der Waals surface area contributed by atoms with Crippen LogP contribution >= 0.6 is 11.8 Å². The molecule has 6 nitrogen and oxygen atoms in total. The quantitative estimate of drug-likeness (QED) is 0.662. The summed E-state index contributed by atoms with van der Waals surface area (Å²) in [7, 11) is 0. The van der Waals surface area contributed by atoms with E-state index in [1.54, 1.807) is 19.9 Å². The summed E-state index contributed by atoms with van der Waals surface area (Å²) >= 11 is 1.21. The summed E-state index contributed by atoms with van der Waals surface area (Å²) < 4.78 is 0. The van der Waals surface area contributed by atoms with Crippen molar-refractivity contribution < 1.29 is 14.7 Å². The van der Waals surface area contributed by atoms with Crippen molar-refractivity contribution in [2.45, 2.75) is 13.8 Å². The maximum absolute atomic E-state index is 11.8. The smallest absolute Gasteiger partial charge is 0.313 e. The summed E-state index contributed by atoms with van der Waals surface area (Å²) in [4.78, 5) is 36.4. The summed E-state index contributed by atoms with van der Waals surface area (Å²) in [6.45, 7) is 3.78. The first-order valence-electron chi connectivity index (χ1n) is 5.70. The van der Waals surface area contributed by atoms with Crippen LogP contribution in [-0.2, 0) is 4.79 Å². The molecule has 0 unspecified atom stereocenters. The van der Waals surface area contributed by atoms with Crippen LogP contribution < -0.4 is 10.9 Å². The summed E-state index contributed by atoms with van der Waals surface area (Å²) in [5, 5.41) is 11.0. The Morgan fingerprint density at radius 2 is 2.11 bits per heavy atom. The third kappa shape index (κ3) is 4.78. The van der Waals surface area contributed by atoms with Crippen molar-refractivity contribution in [2.24, 2.45) is 0 Å². The van der Waals surface area contributed by atoms with E-state index in [1.165, 1.54) is 11.8 Å². The molecular weight excluding hydrogens is 268 g/mol. The second-order valence-electron chi connectivity index (χ2n) is 4.04. The maximum Gasteiger partial charge on any atom is 0.313 e. The lowest BCUT2D eigenvalue weighted by atomic mass is 10.1. The first kappa shape index (κ1) is 15.3. The molecule has 0 saturated carbocycles. The lowest BCUT2D eigenvalue weighted by Gasteiger charge is -2.07. The number of pyridine rings is 1. The van der Waals surface area contributed by atoms with Gasteiger partial charge < -0.3 is 15.4 Å². The fraction of sp³-hybridized carbons (Fsp3) is 0.417. The van der Waals surface area contributed by atoms with E-state index < -0.39 is 17.4 Å². The highest BCUT2D eigenvalue weighted by Crippen LogP contribution is 2.03. The highest BCUT2D eigenvalue weighted by Gasteiger charge is 2.13. The first-order chi connectivity index (χ1) is 8.91. The van der Waals surface area contributed by atoms with Gasteiger partial charge >= 0.3 is 5.97 Å². The van der Waals surface area contributed by atoms with Gasteiger partial charge in [-0.15, -0.1) is 11.8 Å².